The van der Waals surface area contributed by atoms with Crippen LogP contribution in [0.1, 0.15) is 24.5 Å². The highest BCUT2D eigenvalue weighted by Crippen LogP contribution is 2.63. The lowest BCUT2D eigenvalue weighted by molar-refractivity contribution is -0.143. The van der Waals surface area contributed by atoms with Crippen LogP contribution < -0.4 is 0 Å². The highest BCUT2D eigenvalue weighted by atomic mass is 35.5. The van der Waals surface area contributed by atoms with Crippen molar-refractivity contribution in [2.45, 2.75) is 26.3 Å². The summed E-state index contributed by atoms with van der Waals surface area (Å²) in [6.45, 7) is 4.25. The maximum Gasteiger partial charge on any atom is 0.234 e. The van der Waals surface area contributed by atoms with Crippen LogP contribution in [0, 0.1) is 17.3 Å². The first kappa shape index (κ1) is 12.1. The lowest BCUT2D eigenvalue weighted by Gasteiger charge is -2.19. The van der Waals surface area contributed by atoms with E-state index in [1.54, 1.807) is 0 Å². The number of aromatic nitrogens is 1. The van der Waals surface area contributed by atoms with E-state index in [2.05, 4.69) is 4.98 Å². The molecule has 1 aromatic rings. The normalized spacial score (nSPS) is 28.7. The van der Waals surface area contributed by atoms with Gasteiger partial charge in [-0.15, -0.1) is 22.9 Å². The molecule has 2 fully saturated rings. The second kappa shape index (κ2) is 3.78. The van der Waals surface area contributed by atoms with Crippen molar-refractivity contribution in [3.8, 4) is 0 Å². The molecule has 2 atom stereocenters. The molecule has 0 aromatic carbocycles. The van der Waals surface area contributed by atoms with Gasteiger partial charge in [0.25, 0.3) is 0 Å². The number of likely N-dealkylation sites (tertiary alicyclic amines) is 1. The summed E-state index contributed by atoms with van der Waals surface area (Å²) in [5.74, 6) is 0.0432. The van der Waals surface area contributed by atoms with Crippen LogP contribution in [0.2, 0.25) is 0 Å². The molecule has 0 radical (unpaired) electrons. The fraction of sp³-hybridized carbons (Fsp3) is 0.583. The Morgan fingerprint density at radius 2 is 2.00 bits per heavy atom. The molecule has 2 amide bonds. The lowest BCUT2D eigenvalue weighted by Crippen LogP contribution is -2.35. The number of fused-ring (bicyclic) bond motifs is 1. The Morgan fingerprint density at radius 1 is 1.39 bits per heavy atom. The minimum absolute atomic E-state index is 0.0439. The van der Waals surface area contributed by atoms with Crippen LogP contribution in [-0.2, 0) is 22.0 Å². The van der Waals surface area contributed by atoms with Gasteiger partial charge in [-0.2, -0.15) is 0 Å². The molecule has 0 N–H and O–H groups in total. The third-order valence-electron chi connectivity index (χ3n) is 3.92. The Bertz CT molecular complexity index is 516. The molecule has 3 rings (SSSR count). The summed E-state index contributed by atoms with van der Waals surface area (Å²) < 4.78 is 0. The van der Waals surface area contributed by atoms with Crippen LogP contribution in [0.5, 0.6) is 0 Å². The number of piperidine rings is 1. The van der Waals surface area contributed by atoms with E-state index in [1.807, 2.05) is 19.2 Å². The fourth-order valence-corrected chi connectivity index (χ4v) is 3.79. The number of carbonyl (C=O) groups is 2. The smallest absolute Gasteiger partial charge is 0.234 e. The Balaban J connectivity index is 1.76. The average molecular weight is 285 g/mol. The van der Waals surface area contributed by atoms with Crippen LogP contribution in [0.25, 0.3) is 0 Å². The number of carbonyl (C=O) groups excluding carboxylic acids is 2. The van der Waals surface area contributed by atoms with Crippen molar-refractivity contribution in [3.05, 3.63) is 16.1 Å². The molecule has 1 saturated carbocycles. The summed E-state index contributed by atoms with van der Waals surface area (Å²) in [6.07, 6.45) is 0. The highest BCUT2D eigenvalue weighted by molar-refractivity contribution is 7.09. The van der Waals surface area contributed by atoms with Gasteiger partial charge >= 0.3 is 0 Å². The van der Waals surface area contributed by atoms with Gasteiger partial charge in [0.2, 0.25) is 11.8 Å². The minimum atomic E-state index is -0.144. The maximum absolute atomic E-state index is 12.1. The van der Waals surface area contributed by atoms with Crippen LogP contribution in [0.15, 0.2) is 5.38 Å². The van der Waals surface area contributed by atoms with E-state index in [0.29, 0.717) is 12.4 Å². The number of hydrogen-bond donors (Lipinski definition) is 0. The predicted octanol–water partition coefficient (Wildman–Crippen LogP) is 2.02. The number of amides is 2. The molecule has 2 heterocycles. The molecule has 1 aliphatic carbocycles. The number of imide groups is 1. The third kappa shape index (κ3) is 1.53. The van der Waals surface area contributed by atoms with Crippen molar-refractivity contribution in [1.29, 1.82) is 0 Å². The van der Waals surface area contributed by atoms with Crippen molar-refractivity contribution in [2.24, 2.45) is 17.3 Å². The number of nitrogens with zero attached hydrogens (tertiary/aromatic N) is 2. The first-order valence-corrected chi connectivity index (χ1v) is 7.22. The van der Waals surface area contributed by atoms with Crippen LogP contribution >= 0.6 is 22.9 Å². The van der Waals surface area contributed by atoms with Gasteiger partial charge in [0.1, 0.15) is 5.01 Å². The van der Waals surface area contributed by atoms with E-state index >= 15 is 0 Å². The summed E-state index contributed by atoms with van der Waals surface area (Å²) in [4.78, 5) is 29.8. The Morgan fingerprint density at radius 3 is 2.50 bits per heavy atom. The minimum Gasteiger partial charge on any atom is -0.275 e. The van der Waals surface area contributed by atoms with E-state index in [9.17, 15) is 9.59 Å². The molecule has 2 aliphatic rings. The largest absolute Gasteiger partial charge is 0.275 e. The molecule has 0 bridgehead atoms. The summed E-state index contributed by atoms with van der Waals surface area (Å²) in [5.41, 5.74) is 0.649. The van der Waals surface area contributed by atoms with Crippen LogP contribution in [0.3, 0.4) is 0 Å². The van der Waals surface area contributed by atoms with Crippen molar-refractivity contribution >= 4 is 34.8 Å². The molecule has 0 spiro atoms. The SMILES string of the molecule is CC1(C)C2C(=O)N(Cc3nc(CCl)cs3)C(=O)C21. The van der Waals surface area contributed by atoms with Gasteiger partial charge in [-0.1, -0.05) is 13.8 Å². The molecule has 18 heavy (non-hydrogen) atoms. The van der Waals surface area contributed by atoms with Gasteiger partial charge in [-0.05, 0) is 5.41 Å². The first-order valence-electron chi connectivity index (χ1n) is 5.81. The van der Waals surface area contributed by atoms with E-state index < -0.39 is 0 Å². The Hall–Kier alpha value is -0.940. The number of rotatable bonds is 3. The quantitative estimate of drug-likeness (QED) is 0.630. The second-order valence-corrected chi connectivity index (χ2v) is 6.62. The topological polar surface area (TPSA) is 50.3 Å². The van der Waals surface area contributed by atoms with Crippen molar-refractivity contribution in [1.82, 2.24) is 9.88 Å². The molecule has 1 aliphatic heterocycles. The molecule has 2 unspecified atom stereocenters. The fourth-order valence-electron chi connectivity index (χ4n) is 2.78. The third-order valence-corrected chi connectivity index (χ3v) is 5.08. The molecule has 1 aromatic heterocycles. The zero-order chi connectivity index (χ0) is 13.1. The zero-order valence-corrected chi connectivity index (χ0v) is 11.7. The summed E-state index contributed by atoms with van der Waals surface area (Å²) in [6, 6.07) is 0. The van der Waals surface area contributed by atoms with E-state index in [1.165, 1.54) is 16.2 Å². The molecular weight excluding hydrogens is 272 g/mol. The number of hydrogen-bond acceptors (Lipinski definition) is 4. The molecule has 4 nitrogen and oxygen atoms in total. The van der Waals surface area contributed by atoms with Crippen molar-refractivity contribution in [2.75, 3.05) is 0 Å². The van der Waals surface area contributed by atoms with Crippen molar-refractivity contribution < 1.29 is 9.59 Å². The second-order valence-electron chi connectivity index (χ2n) is 5.41. The van der Waals surface area contributed by atoms with Crippen molar-refractivity contribution in [3.63, 3.8) is 0 Å². The molecule has 1 saturated heterocycles. The monoisotopic (exact) mass is 284 g/mol. The highest BCUT2D eigenvalue weighted by Gasteiger charge is 2.72. The summed E-state index contributed by atoms with van der Waals surface area (Å²) >= 11 is 7.12. The average Bonchev–Trinajstić information content (AvgIpc) is 2.66. The zero-order valence-electron chi connectivity index (χ0n) is 10.1. The molecule has 6 heteroatoms. The van der Waals surface area contributed by atoms with Gasteiger partial charge in [-0.25, -0.2) is 4.98 Å². The molecule has 96 valence electrons. The van der Waals surface area contributed by atoms with Crippen LogP contribution in [-0.4, -0.2) is 21.7 Å². The summed E-state index contributed by atoms with van der Waals surface area (Å²) in [5, 5.41) is 2.63. The predicted molar refractivity (Wildman–Crippen MR) is 68.0 cm³/mol. The molecular formula is C12H13ClN2O2S. The maximum atomic E-state index is 12.1. The van der Waals surface area contributed by atoms with Gasteiger partial charge in [0.15, 0.2) is 0 Å². The van der Waals surface area contributed by atoms with Gasteiger partial charge in [-0.3, -0.25) is 14.5 Å². The Kier molecular flexibility index (Phi) is 2.54. The Labute approximate surface area is 114 Å². The van der Waals surface area contributed by atoms with E-state index in [-0.39, 0.29) is 29.1 Å². The van der Waals surface area contributed by atoms with E-state index in [4.69, 9.17) is 11.6 Å². The lowest BCUT2D eigenvalue weighted by atomic mass is 10.1. The standard InChI is InChI=1S/C12H13ClN2O2S/c1-12(2)8-9(12)11(17)15(10(8)16)4-7-14-6(3-13)5-18-7/h5,8-9H,3-4H2,1-2H3. The van der Waals surface area contributed by atoms with Crippen LogP contribution in [0.4, 0.5) is 0 Å². The van der Waals surface area contributed by atoms with Gasteiger partial charge in [0, 0.05) is 5.38 Å². The number of alkyl halides is 1. The summed E-state index contributed by atoms with van der Waals surface area (Å²) in [7, 11) is 0. The first-order chi connectivity index (χ1) is 8.46. The van der Waals surface area contributed by atoms with Gasteiger partial charge in [0.05, 0.1) is 30.0 Å². The number of thiazole rings is 1. The number of halogens is 1. The van der Waals surface area contributed by atoms with E-state index in [0.717, 1.165) is 10.7 Å². The van der Waals surface area contributed by atoms with Gasteiger partial charge < -0.3 is 0 Å².